The van der Waals surface area contributed by atoms with Crippen molar-refractivity contribution in [1.82, 2.24) is 24.6 Å². The number of aliphatic hydroxyl groups is 1. The number of carbonyl (C=O) groups is 1. The maximum absolute atomic E-state index is 14.8. The second-order valence-corrected chi connectivity index (χ2v) is 10.2. The van der Waals surface area contributed by atoms with Crippen molar-refractivity contribution in [2.24, 2.45) is 0 Å². The van der Waals surface area contributed by atoms with Crippen LogP contribution in [0.15, 0.2) is 18.6 Å². The lowest BCUT2D eigenvalue weighted by Crippen LogP contribution is -2.51. The van der Waals surface area contributed by atoms with Crippen molar-refractivity contribution in [3.8, 4) is 11.3 Å². The third-order valence-electron chi connectivity index (χ3n) is 5.06. The van der Waals surface area contributed by atoms with E-state index in [1.54, 1.807) is 34.6 Å². The number of rotatable bonds is 5. The Bertz CT molecular complexity index is 1050. The summed E-state index contributed by atoms with van der Waals surface area (Å²) in [7, 11) is 0. The van der Waals surface area contributed by atoms with Gasteiger partial charge in [0.1, 0.15) is 17.3 Å². The summed E-state index contributed by atoms with van der Waals surface area (Å²) in [5.74, 6) is -0.179. The Morgan fingerprint density at radius 2 is 1.91 bits per heavy atom. The van der Waals surface area contributed by atoms with Gasteiger partial charge in [-0.05, 0) is 41.0 Å². The second-order valence-electron chi connectivity index (χ2n) is 10.2. The minimum absolute atomic E-state index is 0.0598. The minimum Gasteiger partial charge on any atom is -0.444 e. The van der Waals surface area contributed by atoms with Crippen molar-refractivity contribution in [3.63, 3.8) is 0 Å². The van der Waals surface area contributed by atoms with Crippen LogP contribution in [0.4, 0.5) is 28.3 Å². The Hall–Kier alpha value is -2.96. The number of nitrogens with zero attached hydrogens (tertiary/aromatic N) is 5. The summed E-state index contributed by atoms with van der Waals surface area (Å²) in [5, 5.41) is 16.7. The molecule has 3 rings (SSSR count). The van der Waals surface area contributed by atoms with Gasteiger partial charge in [0.2, 0.25) is 5.95 Å². The van der Waals surface area contributed by atoms with E-state index in [-0.39, 0.29) is 37.6 Å². The third kappa shape index (κ3) is 7.26. The van der Waals surface area contributed by atoms with Gasteiger partial charge in [0.15, 0.2) is 0 Å². The summed E-state index contributed by atoms with van der Waals surface area (Å²) >= 11 is 0. The summed E-state index contributed by atoms with van der Waals surface area (Å²) in [6.07, 6.45) is -3.49. The molecule has 13 heteroatoms. The van der Waals surface area contributed by atoms with Crippen LogP contribution >= 0.6 is 0 Å². The zero-order valence-corrected chi connectivity index (χ0v) is 20.2. The van der Waals surface area contributed by atoms with Crippen LogP contribution in [0, 0.1) is 0 Å². The van der Waals surface area contributed by atoms with Crippen molar-refractivity contribution in [2.45, 2.75) is 77.2 Å². The molecule has 1 aliphatic rings. The molecule has 0 saturated carbocycles. The van der Waals surface area contributed by atoms with E-state index in [0.717, 1.165) is 0 Å². The lowest BCUT2D eigenvalue weighted by molar-refractivity contribution is -0.137. The van der Waals surface area contributed by atoms with Gasteiger partial charge in [0.25, 0.3) is 0 Å². The van der Waals surface area contributed by atoms with Crippen molar-refractivity contribution in [2.75, 3.05) is 18.4 Å². The molecule has 1 amide bonds. The van der Waals surface area contributed by atoms with E-state index in [0.29, 0.717) is 6.20 Å². The van der Waals surface area contributed by atoms with Gasteiger partial charge in [-0.3, -0.25) is 4.68 Å². The number of halogens is 4. The molecule has 1 saturated heterocycles. The highest BCUT2D eigenvalue weighted by Gasteiger charge is 2.37. The van der Waals surface area contributed by atoms with Gasteiger partial charge >= 0.3 is 12.3 Å². The maximum Gasteiger partial charge on any atom is 0.419 e. The molecule has 9 nitrogen and oxygen atoms in total. The first kappa shape index (κ1) is 26.6. The van der Waals surface area contributed by atoms with Gasteiger partial charge in [-0.1, -0.05) is 0 Å². The van der Waals surface area contributed by atoms with Crippen LogP contribution in [0.1, 0.15) is 46.6 Å². The predicted octanol–water partition coefficient (Wildman–Crippen LogP) is 3.89. The molecule has 0 bridgehead atoms. The van der Waals surface area contributed by atoms with Crippen molar-refractivity contribution in [3.05, 3.63) is 24.2 Å². The van der Waals surface area contributed by atoms with Crippen molar-refractivity contribution >= 4 is 12.0 Å². The molecule has 0 unspecified atom stereocenters. The monoisotopic (exact) mass is 502 g/mol. The number of alkyl halides is 4. The summed E-state index contributed by atoms with van der Waals surface area (Å²) in [6, 6.07) is -0.809. The molecule has 3 heterocycles. The SMILES string of the molecule is CC(C)(O)Cn1cc(-c2nc(N[C@H]3CCN(C(=O)OC(C)(C)C)C[C@H]3F)ncc2C(F)(F)F)cn1. The Kier molecular flexibility index (Phi) is 7.30. The smallest absolute Gasteiger partial charge is 0.419 e. The number of amides is 1. The number of aromatic nitrogens is 4. The molecule has 194 valence electrons. The van der Waals surface area contributed by atoms with Crippen LogP contribution < -0.4 is 5.32 Å². The van der Waals surface area contributed by atoms with Gasteiger partial charge in [-0.2, -0.15) is 18.3 Å². The summed E-state index contributed by atoms with van der Waals surface area (Å²) in [4.78, 5) is 21.2. The highest BCUT2D eigenvalue weighted by Crippen LogP contribution is 2.36. The largest absolute Gasteiger partial charge is 0.444 e. The molecule has 1 aliphatic heterocycles. The maximum atomic E-state index is 14.8. The van der Waals surface area contributed by atoms with Crippen molar-refractivity contribution in [1.29, 1.82) is 0 Å². The lowest BCUT2D eigenvalue weighted by Gasteiger charge is -2.35. The van der Waals surface area contributed by atoms with Crippen LogP contribution in [0.25, 0.3) is 11.3 Å². The molecule has 0 spiro atoms. The minimum atomic E-state index is -4.73. The fraction of sp³-hybridized carbons (Fsp3) is 0.636. The molecular weight excluding hydrogens is 472 g/mol. The zero-order valence-electron chi connectivity index (χ0n) is 20.2. The quantitative estimate of drug-likeness (QED) is 0.598. The molecule has 35 heavy (non-hydrogen) atoms. The van der Waals surface area contributed by atoms with Crippen LogP contribution in [-0.4, -0.2) is 72.4 Å². The van der Waals surface area contributed by atoms with Gasteiger partial charge < -0.3 is 20.1 Å². The van der Waals surface area contributed by atoms with E-state index in [9.17, 15) is 27.5 Å². The Balaban J connectivity index is 1.79. The van der Waals surface area contributed by atoms with E-state index < -0.39 is 46.9 Å². The Labute approximate surface area is 200 Å². The fourth-order valence-corrected chi connectivity index (χ4v) is 3.57. The van der Waals surface area contributed by atoms with Gasteiger partial charge in [0.05, 0.1) is 36.6 Å². The normalized spacial score (nSPS) is 19.5. The van der Waals surface area contributed by atoms with Crippen LogP contribution in [0.2, 0.25) is 0 Å². The lowest BCUT2D eigenvalue weighted by atomic mass is 10.0. The molecule has 2 N–H and O–H groups in total. The third-order valence-corrected chi connectivity index (χ3v) is 5.06. The summed E-state index contributed by atoms with van der Waals surface area (Å²) in [5.41, 5.74) is -3.26. The summed E-state index contributed by atoms with van der Waals surface area (Å²) < 4.78 is 62.3. The molecule has 2 atom stereocenters. The number of hydrogen-bond acceptors (Lipinski definition) is 7. The first-order chi connectivity index (χ1) is 16.0. The van der Waals surface area contributed by atoms with Gasteiger partial charge in [-0.15, -0.1) is 0 Å². The molecule has 0 aromatic carbocycles. The first-order valence-corrected chi connectivity index (χ1v) is 11.1. The second kappa shape index (κ2) is 9.59. The zero-order chi connectivity index (χ0) is 26.2. The Morgan fingerprint density at radius 3 is 2.49 bits per heavy atom. The van der Waals surface area contributed by atoms with E-state index in [4.69, 9.17) is 4.74 Å². The average molecular weight is 503 g/mol. The standard InChI is InChI=1S/C22H30F4N6O3/c1-20(2,3)35-19(33)31-7-6-16(15(23)11-31)29-18-27-9-14(22(24,25)26)17(30-18)13-8-28-32(10-13)12-21(4,5)34/h8-10,15-16,34H,6-7,11-12H2,1-5H3,(H,27,29,30)/t15-,16+/m1/s1. The van der Waals surface area contributed by atoms with Crippen LogP contribution in [0.3, 0.4) is 0 Å². The predicted molar refractivity (Wildman–Crippen MR) is 119 cm³/mol. The van der Waals surface area contributed by atoms with E-state index in [2.05, 4.69) is 20.4 Å². The van der Waals surface area contributed by atoms with E-state index in [1.165, 1.54) is 22.0 Å². The summed E-state index contributed by atoms with van der Waals surface area (Å²) in [6.45, 7) is 8.24. The molecular formula is C22H30F4N6O3. The van der Waals surface area contributed by atoms with Crippen molar-refractivity contribution < 1.29 is 32.2 Å². The number of piperidine rings is 1. The number of ether oxygens (including phenoxy) is 1. The van der Waals surface area contributed by atoms with Crippen LogP contribution in [-0.2, 0) is 17.5 Å². The van der Waals surface area contributed by atoms with E-state index in [1.807, 2.05) is 0 Å². The number of carbonyl (C=O) groups excluding carboxylic acids is 1. The molecule has 2 aromatic heterocycles. The molecule has 2 aromatic rings. The van der Waals surface area contributed by atoms with Gasteiger partial charge in [0, 0.05) is 24.5 Å². The van der Waals surface area contributed by atoms with Gasteiger partial charge in [-0.25, -0.2) is 19.2 Å². The average Bonchev–Trinajstić information content (AvgIpc) is 3.14. The van der Waals surface area contributed by atoms with Crippen LogP contribution in [0.5, 0.6) is 0 Å². The number of nitrogens with one attached hydrogen (secondary N) is 1. The highest BCUT2D eigenvalue weighted by molar-refractivity contribution is 5.68. The number of likely N-dealkylation sites (tertiary alicyclic amines) is 1. The molecule has 1 fully saturated rings. The number of anilines is 1. The topological polar surface area (TPSA) is 105 Å². The molecule has 0 aliphatic carbocycles. The fourth-order valence-electron chi connectivity index (χ4n) is 3.57. The molecule has 0 radical (unpaired) electrons. The Morgan fingerprint density at radius 1 is 1.23 bits per heavy atom. The number of hydrogen-bond donors (Lipinski definition) is 2. The highest BCUT2D eigenvalue weighted by atomic mass is 19.4. The first-order valence-electron chi connectivity index (χ1n) is 11.1. The van der Waals surface area contributed by atoms with E-state index >= 15 is 0 Å².